The highest BCUT2D eigenvalue weighted by Crippen LogP contribution is 2.65. The van der Waals surface area contributed by atoms with Crippen LogP contribution in [0.1, 0.15) is 51.9 Å². The molecule has 0 heterocycles. The smallest absolute Gasteiger partial charge is 0.333 e. The Kier molecular flexibility index (Phi) is 2.53. The maximum atomic E-state index is 10.9. The van der Waals surface area contributed by atoms with Gasteiger partial charge in [0.1, 0.15) is 0 Å². The summed E-state index contributed by atoms with van der Waals surface area (Å²) in [6.45, 7) is 2.17. The van der Waals surface area contributed by atoms with Crippen molar-refractivity contribution < 1.29 is 15.0 Å². The molecule has 0 spiro atoms. The molecule has 0 aliphatic heterocycles. The van der Waals surface area contributed by atoms with Crippen LogP contribution in [0.5, 0.6) is 0 Å². The van der Waals surface area contributed by atoms with Gasteiger partial charge in [0.05, 0.1) is 0 Å². The first kappa shape index (κ1) is 10.9. The van der Waals surface area contributed by atoms with Crippen LogP contribution in [0.2, 0.25) is 0 Å². The van der Waals surface area contributed by atoms with Crippen molar-refractivity contribution in [1.29, 1.82) is 0 Å². The Morgan fingerprint density at radius 1 is 1.13 bits per heavy atom. The highest BCUT2D eigenvalue weighted by Gasteiger charge is 2.62. The minimum atomic E-state index is -1.15. The standard InChI is InChI=1S/C12H20O3/c1-11(5-3-2-4-6-11)12(7-8-12)9(13)10(14)15/h9,13H,2-8H2,1H3,(H,14,15). The monoisotopic (exact) mass is 212 g/mol. The van der Waals surface area contributed by atoms with Gasteiger partial charge in [-0.1, -0.05) is 26.2 Å². The molecule has 0 amide bonds. The Hall–Kier alpha value is -0.570. The fourth-order valence-corrected chi connectivity index (χ4v) is 3.41. The van der Waals surface area contributed by atoms with Gasteiger partial charge < -0.3 is 10.2 Å². The van der Waals surface area contributed by atoms with Crippen LogP contribution in [-0.2, 0) is 4.79 Å². The van der Waals surface area contributed by atoms with Crippen LogP contribution < -0.4 is 0 Å². The van der Waals surface area contributed by atoms with Crippen LogP contribution in [0.25, 0.3) is 0 Å². The topological polar surface area (TPSA) is 57.5 Å². The molecule has 0 aromatic heterocycles. The van der Waals surface area contributed by atoms with Crippen molar-refractivity contribution in [2.75, 3.05) is 0 Å². The average Bonchev–Trinajstić information content (AvgIpc) is 2.98. The van der Waals surface area contributed by atoms with Crippen molar-refractivity contribution in [3.8, 4) is 0 Å². The molecule has 2 fully saturated rings. The summed E-state index contributed by atoms with van der Waals surface area (Å²) in [5.74, 6) is -1.04. The number of hydrogen-bond acceptors (Lipinski definition) is 2. The first-order valence-electron chi connectivity index (χ1n) is 5.93. The summed E-state index contributed by atoms with van der Waals surface area (Å²) in [7, 11) is 0. The van der Waals surface area contributed by atoms with E-state index in [1.807, 2.05) is 0 Å². The van der Waals surface area contributed by atoms with Gasteiger partial charge in [0.25, 0.3) is 0 Å². The molecule has 86 valence electrons. The van der Waals surface area contributed by atoms with Gasteiger partial charge >= 0.3 is 5.97 Å². The van der Waals surface area contributed by atoms with Crippen LogP contribution in [0.15, 0.2) is 0 Å². The van der Waals surface area contributed by atoms with Gasteiger partial charge in [0.15, 0.2) is 6.10 Å². The third kappa shape index (κ3) is 1.57. The van der Waals surface area contributed by atoms with Gasteiger partial charge in [-0.25, -0.2) is 4.79 Å². The lowest BCUT2D eigenvalue weighted by atomic mass is 9.63. The van der Waals surface area contributed by atoms with Gasteiger partial charge in [-0.3, -0.25) is 0 Å². The molecule has 2 N–H and O–H groups in total. The summed E-state index contributed by atoms with van der Waals surface area (Å²) in [4.78, 5) is 10.9. The second kappa shape index (κ2) is 3.48. The van der Waals surface area contributed by atoms with E-state index in [0.717, 1.165) is 25.7 Å². The quantitative estimate of drug-likeness (QED) is 0.754. The van der Waals surface area contributed by atoms with Crippen LogP contribution in [0.3, 0.4) is 0 Å². The molecule has 3 heteroatoms. The van der Waals surface area contributed by atoms with Crippen molar-refractivity contribution in [3.05, 3.63) is 0 Å². The maximum absolute atomic E-state index is 10.9. The molecule has 0 radical (unpaired) electrons. The van der Waals surface area contributed by atoms with Crippen molar-refractivity contribution in [3.63, 3.8) is 0 Å². The van der Waals surface area contributed by atoms with Gasteiger partial charge in [0.2, 0.25) is 0 Å². The summed E-state index contributed by atoms with van der Waals surface area (Å²) < 4.78 is 0. The highest BCUT2D eigenvalue weighted by molar-refractivity contribution is 5.74. The van der Waals surface area contributed by atoms with E-state index < -0.39 is 12.1 Å². The molecule has 2 rings (SSSR count). The molecule has 3 nitrogen and oxygen atoms in total. The zero-order valence-electron chi connectivity index (χ0n) is 9.33. The normalized spacial score (nSPS) is 29.5. The van der Waals surface area contributed by atoms with E-state index in [-0.39, 0.29) is 10.8 Å². The largest absolute Gasteiger partial charge is 0.479 e. The van der Waals surface area contributed by atoms with E-state index in [2.05, 4.69) is 6.92 Å². The fourth-order valence-electron chi connectivity index (χ4n) is 3.41. The van der Waals surface area contributed by atoms with E-state index in [0.29, 0.717) is 0 Å². The van der Waals surface area contributed by atoms with E-state index in [4.69, 9.17) is 5.11 Å². The zero-order chi connectivity index (χ0) is 11.1. The SMILES string of the molecule is CC1(C2(C(O)C(=O)O)CC2)CCCCC1. The Bertz CT molecular complexity index is 262. The second-order valence-electron chi connectivity index (χ2n) is 5.52. The van der Waals surface area contributed by atoms with E-state index in [9.17, 15) is 9.90 Å². The van der Waals surface area contributed by atoms with E-state index in [1.54, 1.807) is 0 Å². The summed E-state index contributed by atoms with van der Waals surface area (Å²) >= 11 is 0. The van der Waals surface area contributed by atoms with Crippen molar-refractivity contribution in [2.24, 2.45) is 10.8 Å². The van der Waals surface area contributed by atoms with Gasteiger partial charge in [-0.15, -0.1) is 0 Å². The number of aliphatic carboxylic acids is 1. The minimum Gasteiger partial charge on any atom is -0.479 e. The second-order valence-corrected chi connectivity index (χ2v) is 5.52. The van der Waals surface area contributed by atoms with E-state index >= 15 is 0 Å². The number of carbonyl (C=O) groups is 1. The fraction of sp³-hybridized carbons (Fsp3) is 0.917. The molecule has 0 aromatic carbocycles. The number of carboxylic acid groups (broad SMARTS) is 1. The third-order valence-corrected chi connectivity index (χ3v) is 4.71. The van der Waals surface area contributed by atoms with Crippen molar-refractivity contribution in [2.45, 2.75) is 58.0 Å². The molecule has 0 aromatic rings. The van der Waals surface area contributed by atoms with Gasteiger partial charge in [-0.2, -0.15) is 0 Å². The molecular formula is C12H20O3. The van der Waals surface area contributed by atoms with Crippen LogP contribution >= 0.6 is 0 Å². The Balaban J connectivity index is 2.17. The van der Waals surface area contributed by atoms with Crippen molar-refractivity contribution in [1.82, 2.24) is 0 Å². The number of hydrogen-bond donors (Lipinski definition) is 2. The molecule has 1 unspecified atom stereocenters. The Morgan fingerprint density at radius 3 is 2.07 bits per heavy atom. The molecule has 1 atom stereocenters. The Labute approximate surface area is 90.5 Å². The first-order valence-corrected chi connectivity index (χ1v) is 5.93. The molecule has 0 saturated heterocycles. The number of rotatable bonds is 3. The average molecular weight is 212 g/mol. The molecular weight excluding hydrogens is 192 g/mol. The lowest BCUT2D eigenvalue weighted by molar-refractivity contribution is -0.155. The molecule has 0 bridgehead atoms. The lowest BCUT2D eigenvalue weighted by Crippen LogP contribution is -2.43. The van der Waals surface area contributed by atoms with Crippen LogP contribution in [0, 0.1) is 10.8 Å². The molecule has 2 aliphatic rings. The summed E-state index contributed by atoms with van der Waals surface area (Å²) in [5, 5.41) is 18.8. The number of carboxylic acids is 1. The predicted molar refractivity (Wildman–Crippen MR) is 56.5 cm³/mol. The summed E-state index contributed by atoms with van der Waals surface area (Å²) in [6.07, 6.45) is 6.41. The first-order chi connectivity index (χ1) is 7.02. The minimum absolute atomic E-state index is 0.0586. The summed E-state index contributed by atoms with van der Waals surface area (Å²) in [5.41, 5.74) is -0.248. The number of aliphatic hydroxyl groups is 1. The summed E-state index contributed by atoms with van der Waals surface area (Å²) in [6, 6.07) is 0. The predicted octanol–water partition coefficient (Wildman–Crippen LogP) is 2.18. The van der Waals surface area contributed by atoms with Gasteiger partial charge in [0, 0.05) is 5.41 Å². The number of aliphatic hydroxyl groups excluding tert-OH is 1. The highest BCUT2D eigenvalue weighted by atomic mass is 16.4. The molecule has 2 saturated carbocycles. The zero-order valence-corrected chi connectivity index (χ0v) is 9.33. The van der Waals surface area contributed by atoms with Crippen molar-refractivity contribution >= 4 is 5.97 Å². The van der Waals surface area contributed by atoms with Crippen LogP contribution in [0.4, 0.5) is 0 Å². The van der Waals surface area contributed by atoms with E-state index in [1.165, 1.54) is 19.3 Å². The lowest BCUT2D eigenvalue weighted by Gasteiger charge is -2.42. The molecule has 15 heavy (non-hydrogen) atoms. The van der Waals surface area contributed by atoms with Gasteiger partial charge in [-0.05, 0) is 31.1 Å². The van der Waals surface area contributed by atoms with Crippen LogP contribution in [-0.4, -0.2) is 22.3 Å². The Morgan fingerprint density at radius 2 is 1.67 bits per heavy atom. The maximum Gasteiger partial charge on any atom is 0.333 e. The molecule has 2 aliphatic carbocycles. The third-order valence-electron chi connectivity index (χ3n) is 4.71.